The van der Waals surface area contributed by atoms with Crippen molar-refractivity contribution in [3.63, 3.8) is 0 Å². The van der Waals surface area contributed by atoms with Crippen LogP contribution >= 0.6 is 0 Å². The van der Waals surface area contributed by atoms with Crippen LogP contribution in [-0.2, 0) is 24.0 Å². The van der Waals surface area contributed by atoms with Gasteiger partial charge in [-0.3, -0.25) is 0 Å². The molecule has 30 heteroatoms. The minimum Gasteiger partial charge on any atom is -0.394 e. The summed E-state index contributed by atoms with van der Waals surface area (Å²) < 4.78 is 0. The number of hydrogen-bond donors (Lipinski definition) is 25. The van der Waals surface area contributed by atoms with Gasteiger partial charge >= 0.3 is 0 Å². The third-order valence-corrected chi connectivity index (χ3v) is 7.10. The van der Waals surface area contributed by atoms with Crippen molar-refractivity contribution in [1.82, 2.24) is 0 Å². The van der Waals surface area contributed by atoms with Gasteiger partial charge in [0, 0.05) is 0 Å². The quantitative estimate of drug-likeness (QED) is 0.0378. The van der Waals surface area contributed by atoms with Crippen LogP contribution in [0.4, 0.5) is 0 Å². The van der Waals surface area contributed by atoms with E-state index in [1.54, 1.807) is 0 Å². The Kier molecular flexibility index (Phi) is 42.1. The van der Waals surface area contributed by atoms with Crippen molar-refractivity contribution in [2.45, 2.75) is 122 Å². The first-order valence-corrected chi connectivity index (χ1v) is 16.6. The summed E-state index contributed by atoms with van der Waals surface area (Å²) in [5.41, 5.74) is 0. The number of aliphatic hydroxyl groups excluding tert-OH is 25. The summed E-state index contributed by atoms with van der Waals surface area (Å²) in [6.07, 6.45) is -34.2. The average Bonchev–Trinajstić information content (AvgIpc) is 3.28. The molecule has 30 nitrogen and oxygen atoms in total. The third kappa shape index (κ3) is 27.3. The van der Waals surface area contributed by atoms with E-state index in [-0.39, 0.29) is 31.4 Å². The summed E-state index contributed by atoms with van der Waals surface area (Å²) in [4.78, 5) is 49.5. The molecule has 0 heterocycles. The summed E-state index contributed by atoms with van der Waals surface area (Å²) in [5, 5.41) is 218. The number of rotatable bonds is 25. The van der Waals surface area contributed by atoms with Gasteiger partial charge in [0.1, 0.15) is 122 Å². The second-order valence-corrected chi connectivity index (χ2v) is 11.8. The molecule has 0 aliphatic heterocycles. The number of hydrogen-bond acceptors (Lipinski definition) is 30. The molecule has 0 amide bonds. The van der Waals surface area contributed by atoms with E-state index in [1.807, 2.05) is 0 Å². The Morgan fingerprint density at radius 2 is 0.317 bits per heavy atom. The second-order valence-electron chi connectivity index (χ2n) is 11.8. The van der Waals surface area contributed by atoms with E-state index in [0.29, 0.717) is 0 Å². The summed E-state index contributed by atoms with van der Waals surface area (Å²) in [5.74, 6) is 0. The molecule has 20 unspecified atom stereocenters. The minimum atomic E-state index is -1.79. The molecule has 25 N–H and O–H groups in total. The fourth-order valence-electron chi connectivity index (χ4n) is 3.09. The lowest BCUT2D eigenvalue weighted by Crippen LogP contribution is -2.46. The van der Waals surface area contributed by atoms with Crippen LogP contribution in [-0.4, -0.2) is 314 Å². The molecule has 60 heavy (non-hydrogen) atoms. The second kappa shape index (κ2) is 38.1. The van der Waals surface area contributed by atoms with Gasteiger partial charge in [-0.1, -0.05) is 0 Å². The number of aliphatic hydroxyl groups is 25. The molecule has 0 fully saturated rings. The van der Waals surface area contributed by atoms with Crippen LogP contribution in [0.3, 0.4) is 0 Å². The van der Waals surface area contributed by atoms with E-state index < -0.39 is 155 Å². The van der Waals surface area contributed by atoms with E-state index >= 15 is 0 Å². The summed E-state index contributed by atoms with van der Waals surface area (Å²) >= 11 is 0. The fourth-order valence-corrected chi connectivity index (χ4v) is 3.09. The first kappa shape index (κ1) is 66.4. The predicted molar refractivity (Wildman–Crippen MR) is 186 cm³/mol. The zero-order chi connectivity index (χ0) is 48.6. The molecule has 20 atom stereocenters. The molecule has 0 rings (SSSR count). The molecule has 0 saturated heterocycles. The molecule has 360 valence electrons. The Morgan fingerprint density at radius 3 is 0.383 bits per heavy atom. The molecule has 0 radical (unpaired) electrons. The van der Waals surface area contributed by atoms with Gasteiger partial charge in [0.05, 0.1) is 33.0 Å². The molecule has 0 aliphatic rings. The van der Waals surface area contributed by atoms with Gasteiger partial charge in [0.15, 0.2) is 31.4 Å². The Balaban J connectivity index is -0.000000210. The van der Waals surface area contributed by atoms with Crippen LogP contribution in [0, 0.1) is 0 Å². The molecule has 0 aromatic carbocycles. The molecule has 0 saturated carbocycles. The molecule has 0 aromatic heterocycles. The highest BCUT2D eigenvalue weighted by atomic mass is 16.4. The first-order valence-electron chi connectivity index (χ1n) is 16.6. The van der Waals surface area contributed by atoms with Crippen LogP contribution < -0.4 is 0 Å². The maximum absolute atomic E-state index is 9.90. The zero-order valence-corrected chi connectivity index (χ0v) is 31.2. The van der Waals surface area contributed by atoms with Crippen LogP contribution in [0.15, 0.2) is 0 Å². The Hall–Kier alpha value is -2.65. The molecule has 0 aromatic rings. The SMILES string of the molecule is O=CC(O)C(O)C(O)C(O)CO.O=CC(O)C(O)C(O)C(O)CO.O=CC(O)C(O)C(O)C(O)CO.O=CC(O)C(O)C(O)C(O)CO.O=CC(O)C(O)C(O)C(O)CO. The van der Waals surface area contributed by atoms with Gasteiger partial charge in [0.25, 0.3) is 0 Å². The smallest absolute Gasteiger partial charge is 0.151 e. The maximum atomic E-state index is 9.90. The molecule has 0 bridgehead atoms. The Bertz CT molecular complexity index is 876. The van der Waals surface area contributed by atoms with Gasteiger partial charge in [-0.2, -0.15) is 0 Å². The highest BCUT2D eigenvalue weighted by molar-refractivity contribution is 5.58. The van der Waals surface area contributed by atoms with Gasteiger partial charge in [-0.15, -0.1) is 0 Å². The van der Waals surface area contributed by atoms with Crippen LogP contribution in [0.25, 0.3) is 0 Å². The van der Waals surface area contributed by atoms with Gasteiger partial charge in [-0.05, 0) is 0 Å². The highest BCUT2D eigenvalue weighted by Crippen LogP contribution is 2.06. The van der Waals surface area contributed by atoms with Crippen molar-refractivity contribution in [2.75, 3.05) is 33.0 Å². The monoisotopic (exact) mass is 900 g/mol. The fraction of sp³-hybridized carbons (Fsp3) is 0.833. The van der Waals surface area contributed by atoms with Gasteiger partial charge in [0.2, 0.25) is 0 Å². The van der Waals surface area contributed by atoms with E-state index in [9.17, 15) is 24.0 Å². The first-order chi connectivity index (χ1) is 27.7. The molecule has 0 spiro atoms. The van der Waals surface area contributed by atoms with E-state index in [0.717, 1.165) is 0 Å². The normalized spacial score (nSPS) is 21.1. The van der Waals surface area contributed by atoms with Gasteiger partial charge < -0.3 is 152 Å². The van der Waals surface area contributed by atoms with Crippen molar-refractivity contribution in [3.8, 4) is 0 Å². The van der Waals surface area contributed by atoms with Crippen LogP contribution in [0.5, 0.6) is 0 Å². The number of aldehydes is 5. The van der Waals surface area contributed by atoms with Crippen molar-refractivity contribution in [2.24, 2.45) is 0 Å². The summed E-state index contributed by atoms with van der Waals surface area (Å²) in [6.45, 7) is -3.80. The standard InChI is InChI=1S/5C6H12O6/c5*7-1-3(9)5(11)6(12)4(10)2-8/h5*1,3-6,8-12H,2H2. The van der Waals surface area contributed by atoms with Crippen LogP contribution in [0.1, 0.15) is 0 Å². The van der Waals surface area contributed by atoms with Gasteiger partial charge in [-0.25, -0.2) is 0 Å². The third-order valence-electron chi connectivity index (χ3n) is 7.10. The van der Waals surface area contributed by atoms with Crippen LogP contribution in [0.2, 0.25) is 0 Å². The lowest BCUT2D eigenvalue weighted by Gasteiger charge is -2.22. The summed E-state index contributed by atoms with van der Waals surface area (Å²) in [6, 6.07) is 0. The number of carbonyl (C=O) groups excluding carboxylic acids is 5. The molecule has 0 aliphatic carbocycles. The average molecular weight is 901 g/mol. The highest BCUT2D eigenvalue weighted by Gasteiger charge is 2.32. The predicted octanol–water partition coefficient (Wildman–Crippen LogP) is -16.9. The number of carbonyl (C=O) groups is 5. The van der Waals surface area contributed by atoms with Crippen molar-refractivity contribution >= 4 is 31.4 Å². The largest absolute Gasteiger partial charge is 0.394 e. The van der Waals surface area contributed by atoms with Crippen molar-refractivity contribution in [3.05, 3.63) is 0 Å². The maximum Gasteiger partial charge on any atom is 0.151 e. The van der Waals surface area contributed by atoms with E-state index in [2.05, 4.69) is 0 Å². The zero-order valence-electron chi connectivity index (χ0n) is 31.2. The lowest BCUT2D eigenvalue weighted by molar-refractivity contribution is -0.136. The lowest BCUT2D eigenvalue weighted by atomic mass is 10.0. The van der Waals surface area contributed by atoms with Crippen molar-refractivity contribution in [1.29, 1.82) is 0 Å². The van der Waals surface area contributed by atoms with E-state index in [1.165, 1.54) is 0 Å². The molecular formula is C30H60O30. The van der Waals surface area contributed by atoms with E-state index in [4.69, 9.17) is 128 Å². The topological polar surface area (TPSA) is 591 Å². The summed E-state index contributed by atoms with van der Waals surface area (Å²) in [7, 11) is 0. The molecular weight excluding hydrogens is 840 g/mol. The van der Waals surface area contributed by atoms with Crippen molar-refractivity contribution < 1.29 is 152 Å². The minimum absolute atomic E-state index is 0.0258. The Morgan fingerprint density at radius 1 is 0.217 bits per heavy atom. The Labute approximate surface area is 338 Å².